The first-order valence-electron chi connectivity index (χ1n) is 4.96. The third-order valence-corrected chi connectivity index (χ3v) is 1.93. The van der Waals surface area contributed by atoms with Crippen molar-refractivity contribution in [3.05, 3.63) is 35.9 Å². The van der Waals surface area contributed by atoms with Crippen LogP contribution in [-0.2, 0) is 16.2 Å². The molecule has 3 heteroatoms. The van der Waals surface area contributed by atoms with Gasteiger partial charge >= 0.3 is 0 Å². The highest BCUT2D eigenvalue weighted by atomic mass is 16.6. The Labute approximate surface area is 90.4 Å². The normalized spacial score (nSPS) is 11.1. The fourth-order valence-electron chi connectivity index (χ4n) is 0.912. The second kappa shape index (κ2) is 4.94. The lowest BCUT2D eigenvalue weighted by molar-refractivity contribution is -0.142. The SMILES string of the molecule is CC(C)(C)C(=O)NOCc1ccccc1. The van der Waals surface area contributed by atoms with Crippen LogP contribution in [0.25, 0.3) is 0 Å². The fraction of sp³-hybridized carbons (Fsp3) is 0.417. The Morgan fingerprint density at radius 3 is 2.40 bits per heavy atom. The van der Waals surface area contributed by atoms with Crippen LogP contribution >= 0.6 is 0 Å². The molecule has 0 aromatic heterocycles. The molecule has 0 fully saturated rings. The maximum Gasteiger partial charge on any atom is 0.248 e. The van der Waals surface area contributed by atoms with Gasteiger partial charge in [-0.05, 0) is 5.56 Å². The van der Waals surface area contributed by atoms with Gasteiger partial charge in [-0.3, -0.25) is 9.63 Å². The van der Waals surface area contributed by atoms with E-state index in [0.717, 1.165) is 5.56 Å². The second-order valence-corrected chi connectivity index (χ2v) is 4.46. The molecule has 0 atom stereocenters. The lowest BCUT2D eigenvalue weighted by Gasteiger charge is -2.17. The molecule has 0 aliphatic carbocycles. The van der Waals surface area contributed by atoms with Gasteiger partial charge in [0.25, 0.3) is 0 Å². The Hall–Kier alpha value is -1.35. The van der Waals surface area contributed by atoms with Gasteiger partial charge in [0.2, 0.25) is 5.91 Å². The average molecular weight is 207 g/mol. The van der Waals surface area contributed by atoms with Crippen molar-refractivity contribution in [2.45, 2.75) is 27.4 Å². The van der Waals surface area contributed by atoms with Crippen LogP contribution in [0.2, 0.25) is 0 Å². The zero-order valence-electron chi connectivity index (χ0n) is 9.41. The quantitative estimate of drug-likeness (QED) is 0.772. The summed E-state index contributed by atoms with van der Waals surface area (Å²) in [7, 11) is 0. The van der Waals surface area contributed by atoms with Gasteiger partial charge in [0.05, 0.1) is 6.61 Å². The molecule has 0 heterocycles. The van der Waals surface area contributed by atoms with Crippen LogP contribution in [0, 0.1) is 5.41 Å². The van der Waals surface area contributed by atoms with E-state index in [2.05, 4.69) is 5.48 Å². The number of hydrogen-bond acceptors (Lipinski definition) is 2. The molecule has 1 N–H and O–H groups in total. The summed E-state index contributed by atoms with van der Waals surface area (Å²) in [6.45, 7) is 5.92. The number of nitrogens with one attached hydrogen (secondary N) is 1. The molecule has 0 saturated heterocycles. The first-order valence-corrected chi connectivity index (χ1v) is 4.96. The average Bonchev–Trinajstić information content (AvgIpc) is 2.18. The Bertz CT molecular complexity index is 314. The van der Waals surface area contributed by atoms with E-state index in [1.54, 1.807) is 0 Å². The Morgan fingerprint density at radius 2 is 1.87 bits per heavy atom. The summed E-state index contributed by atoms with van der Waals surface area (Å²) < 4.78 is 0. The van der Waals surface area contributed by atoms with Crippen LogP contribution in [0.3, 0.4) is 0 Å². The lowest BCUT2D eigenvalue weighted by atomic mass is 9.96. The first-order chi connectivity index (χ1) is 7.00. The molecule has 15 heavy (non-hydrogen) atoms. The minimum Gasteiger partial charge on any atom is -0.272 e. The molecule has 0 unspecified atom stereocenters. The van der Waals surface area contributed by atoms with Gasteiger partial charge in [-0.25, -0.2) is 5.48 Å². The second-order valence-electron chi connectivity index (χ2n) is 4.46. The number of rotatable bonds is 3. The molecule has 0 bridgehead atoms. The number of hydrogen-bond donors (Lipinski definition) is 1. The predicted molar refractivity (Wildman–Crippen MR) is 58.8 cm³/mol. The highest BCUT2D eigenvalue weighted by Crippen LogP contribution is 2.12. The molecule has 0 radical (unpaired) electrons. The Kier molecular flexibility index (Phi) is 3.86. The van der Waals surface area contributed by atoms with Crippen molar-refractivity contribution in [1.82, 2.24) is 5.48 Å². The van der Waals surface area contributed by atoms with E-state index in [9.17, 15) is 4.79 Å². The van der Waals surface area contributed by atoms with Crippen LogP contribution in [0.15, 0.2) is 30.3 Å². The molecule has 1 rings (SSSR count). The number of amides is 1. The zero-order valence-corrected chi connectivity index (χ0v) is 9.41. The third kappa shape index (κ3) is 4.13. The molecular weight excluding hydrogens is 190 g/mol. The number of carbonyl (C=O) groups is 1. The van der Waals surface area contributed by atoms with Crippen molar-refractivity contribution >= 4 is 5.91 Å². The van der Waals surface area contributed by atoms with E-state index in [0.29, 0.717) is 6.61 Å². The zero-order chi connectivity index (χ0) is 11.3. The highest BCUT2D eigenvalue weighted by molar-refractivity contribution is 5.80. The maximum atomic E-state index is 11.4. The monoisotopic (exact) mass is 207 g/mol. The van der Waals surface area contributed by atoms with Crippen LogP contribution in [0.4, 0.5) is 0 Å². The molecule has 1 aromatic carbocycles. The molecular formula is C12H17NO2. The summed E-state index contributed by atoms with van der Waals surface area (Å²) in [5.41, 5.74) is 3.05. The smallest absolute Gasteiger partial charge is 0.248 e. The molecule has 1 aromatic rings. The number of benzene rings is 1. The van der Waals surface area contributed by atoms with Crippen molar-refractivity contribution in [1.29, 1.82) is 0 Å². The summed E-state index contributed by atoms with van der Waals surface area (Å²) >= 11 is 0. The first kappa shape index (κ1) is 11.7. The molecule has 0 spiro atoms. The van der Waals surface area contributed by atoms with Gasteiger partial charge in [0, 0.05) is 5.41 Å². The van der Waals surface area contributed by atoms with E-state index in [1.165, 1.54) is 0 Å². The van der Waals surface area contributed by atoms with E-state index < -0.39 is 5.41 Å². The third-order valence-electron chi connectivity index (χ3n) is 1.93. The summed E-state index contributed by atoms with van der Waals surface area (Å²) in [4.78, 5) is 16.5. The summed E-state index contributed by atoms with van der Waals surface area (Å²) in [5, 5.41) is 0. The van der Waals surface area contributed by atoms with Crippen molar-refractivity contribution in [2.75, 3.05) is 0 Å². The molecule has 3 nitrogen and oxygen atoms in total. The van der Waals surface area contributed by atoms with E-state index in [-0.39, 0.29) is 5.91 Å². The molecule has 0 aliphatic rings. The van der Waals surface area contributed by atoms with Gasteiger partial charge in [0.1, 0.15) is 0 Å². The van der Waals surface area contributed by atoms with Gasteiger partial charge in [-0.1, -0.05) is 51.1 Å². The summed E-state index contributed by atoms with van der Waals surface area (Å²) in [6, 6.07) is 9.71. The fourth-order valence-corrected chi connectivity index (χ4v) is 0.912. The maximum absolute atomic E-state index is 11.4. The van der Waals surface area contributed by atoms with Crippen LogP contribution in [-0.4, -0.2) is 5.91 Å². The van der Waals surface area contributed by atoms with E-state index in [4.69, 9.17) is 4.84 Å². The van der Waals surface area contributed by atoms with Crippen molar-refractivity contribution in [3.8, 4) is 0 Å². The standard InChI is InChI=1S/C12H17NO2/c1-12(2,3)11(14)13-15-9-10-7-5-4-6-8-10/h4-8H,9H2,1-3H3,(H,13,14). The molecule has 0 aliphatic heterocycles. The molecule has 0 saturated carbocycles. The van der Waals surface area contributed by atoms with Gasteiger partial charge < -0.3 is 0 Å². The molecule has 82 valence electrons. The summed E-state index contributed by atoms with van der Waals surface area (Å²) in [6.07, 6.45) is 0. The van der Waals surface area contributed by atoms with Crippen molar-refractivity contribution < 1.29 is 9.63 Å². The Morgan fingerprint density at radius 1 is 1.27 bits per heavy atom. The minimum absolute atomic E-state index is 0.113. The summed E-state index contributed by atoms with van der Waals surface area (Å²) in [5.74, 6) is -0.113. The largest absolute Gasteiger partial charge is 0.272 e. The van der Waals surface area contributed by atoms with E-state index >= 15 is 0 Å². The van der Waals surface area contributed by atoms with Gasteiger partial charge in [-0.15, -0.1) is 0 Å². The minimum atomic E-state index is -0.420. The van der Waals surface area contributed by atoms with Crippen LogP contribution < -0.4 is 5.48 Å². The van der Waals surface area contributed by atoms with E-state index in [1.807, 2.05) is 51.1 Å². The van der Waals surface area contributed by atoms with Gasteiger partial charge in [-0.2, -0.15) is 0 Å². The number of carbonyl (C=O) groups excluding carboxylic acids is 1. The van der Waals surface area contributed by atoms with Crippen LogP contribution in [0.5, 0.6) is 0 Å². The van der Waals surface area contributed by atoms with Gasteiger partial charge in [0.15, 0.2) is 0 Å². The topological polar surface area (TPSA) is 38.3 Å². The predicted octanol–water partition coefficient (Wildman–Crippen LogP) is 2.28. The molecule has 1 amide bonds. The van der Waals surface area contributed by atoms with Crippen molar-refractivity contribution in [3.63, 3.8) is 0 Å². The number of hydroxylamine groups is 1. The lowest BCUT2D eigenvalue weighted by Crippen LogP contribution is -2.34. The Balaban J connectivity index is 2.32. The highest BCUT2D eigenvalue weighted by Gasteiger charge is 2.20. The van der Waals surface area contributed by atoms with Crippen molar-refractivity contribution in [2.24, 2.45) is 5.41 Å². The van der Waals surface area contributed by atoms with Crippen LogP contribution in [0.1, 0.15) is 26.3 Å².